The molecule has 0 radical (unpaired) electrons. The van der Waals surface area contributed by atoms with Crippen LogP contribution in [0.15, 0.2) is 30.3 Å². The summed E-state index contributed by atoms with van der Waals surface area (Å²) in [6, 6.07) is 8.59. The number of hydrogen-bond donors (Lipinski definition) is 0. The molecule has 0 saturated carbocycles. The van der Waals surface area contributed by atoms with Gasteiger partial charge in [0, 0.05) is 18.7 Å². The van der Waals surface area contributed by atoms with Crippen molar-refractivity contribution < 1.29 is 9.18 Å². The lowest BCUT2D eigenvalue weighted by atomic mass is 10.3. The molecule has 1 aromatic rings. The Morgan fingerprint density at radius 2 is 2.07 bits per heavy atom. The van der Waals surface area contributed by atoms with Gasteiger partial charge in [-0.1, -0.05) is 18.2 Å². The summed E-state index contributed by atoms with van der Waals surface area (Å²) >= 11 is 0. The number of terminal acetylenes is 1. The molecular formula is C11H10FNO. The fourth-order valence-corrected chi connectivity index (χ4v) is 1.10. The van der Waals surface area contributed by atoms with E-state index in [9.17, 15) is 9.18 Å². The zero-order chi connectivity index (χ0) is 10.4. The predicted molar refractivity (Wildman–Crippen MR) is 53.7 cm³/mol. The molecule has 0 aliphatic heterocycles. The van der Waals surface area contributed by atoms with E-state index in [1.54, 1.807) is 30.3 Å². The molecule has 0 heterocycles. The van der Waals surface area contributed by atoms with Gasteiger partial charge in [-0.2, -0.15) is 0 Å². The number of halogens is 1. The summed E-state index contributed by atoms with van der Waals surface area (Å²) < 4.78 is 12.6. The third-order valence-corrected chi connectivity index (χ3v) is 1.76. The molecule has 0 aliphatic rings. The molecule has 0 saturated heterocycles. The molecule has 0 bridgehead atoms. The third kappa shape index (κ3) is 2.60. The van der Waals surface area contributed by atoms with E-state index < -0.39 is 6.16 Å². The quantitative estimate of drug-likeness (QED) is 0.408. The highest BCUT2D eigenvalue weighted by molar-refractivity contribution is 5.86. The van der Waals surface area contributed by atoms with Crippen LogP contribution >= 0.6 is 0 Å². The van der Waals surface area contributed by atoms with E-state index in [2.05, 4.69) is 5.92 Å². The number of carbonyl (C=O) groups excluding carboxylic acids is 1. The summed E-state index contributed by atoms with van der Waals surface area (Å²) in [5.74, 6) is 2.36. The fraction of sp³-hybridized carbons (Fsp3) is 0.182. The van der Waals surface area contributed by atoms with E-state index >= 15 is 0 Å². The number of rotatable bonds is 3. The SMILES string of the molecule is C#CCCN(C(=O)F)c1ccccc1. The molecule has 0 aromatic heterocycles. The van der Waals surface area contributed by atoms with Crippen molar-refractivity contribution >= 4 is 11.8 Å². The zero-order valence-corrected chi connectivity index (χ0v) is 7.61. The molecule has 0 fully saturated rings. The van der Waals surface area contributed by atoms with Gasteiger partial charge in [-0.25, -0.2) is 4.79 Å². The van der Waals surface area contributed by atoms with Gasteiger partial charge >= 0.3 is 6.16 Å². The van der Waals surface area contributed by atoms with E-state index in [4.69, 9.17) is 6.42 Å². The maximum Gasteiger partial charge on any atom is 0.404 e. The molecule has 2 nitrogen and oxygen atoms in total. The van der Waals surface area contributed by atoms with Gasteiger partial charge in [0.15, 0.2) is 0 Å². The Bertz CT molecular complexity index is 342. The number of benzene rings is 1. The first-order chi connectivity index (χ1) is 6.75. The van der Waals surface area contributed by atoms with E-state index in [-0.39, 0.29) is 6.54 Å². The number of amides is 1. The molecule has 0 unspecified atom stereocenters. The Morgan fingerprint density at radius 3 is 2.57 bits per heavy atom. The van der Waals surface area contributed by atoms with E-state index in [1.165, 1.54) is 0 Å². The molecular weight excluding hydrogens is 181 g/mol. The van der Waals surface area contributed by atoms with Crippen molar-refractivity contribution in [2.75, 3.05) is 11.4 Å². The highest BCUT2D eigenvalue weighted by atomic mass is 19.1. The van der Waals surface area contributed by atoms with Crippen LogP contribution in [0.3, 0.4) is 0 Å². The molecule has 3 heteroatoms. The lowest BCUT2D eigenvalue weighted by Crippen LogP contribution is -2.27. The predicted octanol–water partition coefficient (Wildman–Crippen LogP) is 2.61. The summed E-state index contributed by atoms with van der Waals surface area (Å²) in [5, 5.41) is 0. The zero-order valence-electron chi connectivity index (χ0n) is 7.61. The standard InChI is InChI=1S/C11H10FNO/c1-2-3-9-13(11(12)14)10-7-5-4-6-8-10/h1,4-8H,3,9H2. The van der Waals surface area contributed by atoms with Crippen LogP contribution in [-0.4, -0.2) is 12.7 Å². The van der Waals surface area contributed by atoms with Crippen molar-refractivity contribution in [1.82, 2.24) is 0 Å². The average molecular weight is 191 g/mol. The summed E-state index contributed by atoms with van der Waals surface area (Å²) in [6.45, 7) is 0.204. The summed E-state index contributed by atoms with van der Waals surface area (Å²) in [5.41, 5.74) is 0.523. The normalized spacial score (nSPS) is 9.14. The number of para-hydroxylation sites is 1. The number of hydrogen-bond acceptors (Lipinski definition) is 1. The second-order valence-electron chi connectivity index (χ2n) is 2.69. The van der Waals surface area contributed by atoms with Gasteiger partial charge in [-0.3, -0.25) is 4.90 Å². The van der Waals surface area contributed by atoms with E-state index in [0.717, 1.165) is 4.90 Å². The molecule has 14 heavy (non-hydrogen) atoms. The van der Waals surface area contributed by atoms with Crippen LogP contribution < -0.4 is 4.90 Å². The highest BCUT2D eigenvalue weighted by Gasteiger charge is 2.12. The lowest BCUT2D eigenvalue weighted by molar-refractivity contribution is 0.228. The van der Waals surface area contributed by atoms with Crippen molar-refractivity contribution in [3.8, 4) is 12.3 Å². The monoisotopic (exact) mass is 191 g/mol. The topological polar surface area (TPSA) is 20.3 Å². The average Bonchev–Trinajstić information content (AvgIpc) is 2.19. The third-order valence-electron chi connectivity index (χ3n) is 1.76. The first-order valence-corrected chi connectivity index (χ1v) is 4.21. The molecule has 0 spiro atoms. The van der Waals surface area contributed by atoms with Crippen LogP contribution in [0.2, 0.25) is 0 Å². The van der Waals surface area contributed by atoms with Gasteiger partial charge in [0.2, 0.25) is 0 Å². The molecule has 0 atom stereocenters. The van der Waals surface area contributed by atoms with Gasteiger partial charge < -0.3 is 0 Å². The van der Waals surface area contributed by atoms with Crippen LogP contribution in [0.1, 0.15) is 6.42 Å². The number of anilines is 1. The van der Waals surface area contributed by atoms with Gasteiger partial charge in [0.25, 0.3) is 0 Å². The maximum atomic E-state index is 12.6. The molecule has 0 N–H and O–H groups in total. The van der Waals surface area contributed by atoms with Crippen molar-refractivity contribution in [2.45, 2.75) is 6.42 Å². The van der Waals surface area contributed by atoms with Gasteiger partial charge in [0.05, 0.1) is 0 Å². The minimum atomic E-state index is -1.48. The molecule has 72 valence electrons. The maximum absolute atomic E-state index is 12.6. The van der Waals surface area contributed by atoms with Crippen molar-refractivity contribution in [3.63, 3.8) is 0 Å². The van der Waals surface area contributed by atoms with Crippen LogP contribution in [0.4, 0.5) is 14.9 Å². The summed E-state index contributed by atoms with van der Waals surface area (Å²) in [6.07, 6.45) is 3.90. The van der Waals surface area contributed by atoms with Gasteiger partial charge in [-0.15, -0.1) is 16.7 Å². The fourth-order valence-electron chi connectivity index (χ4n) is 1.10. The smallest absolute Gasteiger partial charge is 0.283 e. The Kier molecular flexibility index (Phi) is 3.69. The lowest BCUT2D eigenvalue weighted by Gasteiger charge is -2.16. The Hall–Kier alpha value is -1.82. The van der Waals surface area contributed by atoms with Crippen molar-refractivity contribution in [3.05, 3.63) is 30.3 Å². The minimum Gasteiger partial charge on any atom is -0.283 e. The van der Waals surface area contributed by atoms with Crippen LogP contribution in [0.5, 0.6) is 0 Å². The summed E-state index contributed by atoms with van der Waals surface area (Å²) in [7, 11) is 0. The van der Waals surface area contributed by atoms with Gasteiger partial charge in [-0.05, 0) is 12.1 Å². The molecule has 1 aromatic carbocycles. The van der Waals surface area contributed by atoms with Crippen molar-refractivity contribution in [1.29, 1.82) is 0 Å². The molecule has 1 amide bonds. The Morgan fingerprint density at radius 1 is 1.43 bits per heavy atom. The van der Waals surface area contributed by atoms with Crippen LogP contribution in [-0.2, 0) is 0 Å². The Balaban J connectivity index is 2.79. The van der Waals surface area contributed by atoms with E-state index in [1.807, 2.05) is 0 Å². The number of carbonyl (C=O) groups is 1. The van der Waals surface area contributed by atoms with Gasteiger partial charge in [0.1, 0.15) is 0 Å². The second-order valence-corrected chi connectivity index (χ2v) is 2.69. The van der Waals surface area contributed by atoms with E-state index in [0.29, 0.717) is 12.1 Å². The second kappa shape index (κ2) is 5.03. The Labute approximate surface area is 82.3 Å². The van der Waals surface area contributed by atoms with Crippen LogP contribution in [0, 0.1) is 12.3 Å². The summed E-state index contributed by atoms with van der Waals surface area (Å²) in [4.78, 5) is 11.7. The first-order valence-electron chi connectivity index (χ1n) is 4.21. The first kappa shape index (κ1) is 10.3. The molecule has 1 rings (SSSR count). The number of nitrogens with zero attached hydrogens (tertiary/aromatic N) is 1. The van der Waals surface area contributed by atoms with Crippen LogP contribution in [0.25, 0.3) is 0 Å². The minimum absolute atomic E-state index is 0.204. The molecule has 0 aliphatic carbocycles. The van der Waals surface area contributed by atoms with Crippen molar-refractivity contribution in [2.24, 2.45) is 0 Å². The highest BCUT2D eigenvalue weighted by Crippen LogP contribution is 2.14. The largest absolute Gasteiger partial charge is 0.404 e.